The number of nitrogens with zero attached hydrogens (tertiary/aromatic N) is 4. The van der Waals surface area contributed by atoms with Crippen LogP contribution in [0.1, 0.15) is 70.7 Å². The number of benzene rings is 10. The maximum atomic E-state index is 16.2. The molecule has 3 aliphatic heterocycles. The summed E-state index contributed by atoms with van der Waals surface area (Å²) in [6.45, 7) is 9.95. The molecule has 3 atom stereocenters. The van der Waals surface area contributed by atoms with E-state index in [0.717, 1.165) is 38.7 Å². The number of halogens is 3. The number of allylic oxidation sites excluding steroid dienone is 2. The van der Waals surface area contributed by atoms with Crippen LogP contribution in [0, 0.1) is 40.9 Å². The Morgan fingerprint density at radius 2 is 1.06 bits per heavy atom. The maximum absolute atomic E-state index is 16.2. The van der Waals surface area contributed by atoms with Crippen LogP contribution in [0.25, 0.3) is 29.4 Å². The fourth-order valence-electron chi connectivity index (χ4n) is 15.2. The molecule has 502 valence electrons. The Bertz CT molecular complexity index is 4920. The number of rotatable bonds is 18. The van der Waals surface area contributed by atoms with Crippen LogP contribution in [-0.4, -0.2) is 47.4 Å². The first-order valence-corrected chi connectivity index (χ1v) is 38.8. The van der Waals surface area contributed by atoms with Crippen LogP contribution in [0.4, 0.5) is 18.9 Å². The summed E-state index contributed by atoms with van der Waals surface area (Å²) in [5.41, 5.74) is 0.591. The summed E-state index contributed by atoms with van der Waals surface area (Å²) in [4.78, 5) is 3.67. The highest BCUT2D eigenvalue weighted by atomic mass is 32.1. The van der Waals surface area contributed by atoms with Gasteiger partial charge in [-0.25, -0.2) is 0 Å². The first-order chi connectivity index (χ1) is 49.6. The molecular weight excluding hydrogens is 1320 g/mol. The molecule has 0 fully saturated rings. The lowest BCUT2D eigenvalue weighted by molar-refractivity contribution is -0.249. The molecule has 4 heterocycles. The molecule has 11 aromatic rings. The van der Waals surface area contributed by atoms with Gasteiger partial charge in [0.2, 0.25) is 0 Å². The highest BCUT2D eigenvalue weighted by Gasteiger charge is 2.66. The van der Waals surface area contributed by atoms with Crippen LogP contribution >= 0.6 is 11.3 Å². The molecule has 102 heavy (non-hydrogen) atoms. The Hall–Kier alpha value is -11.3. The summed E-state index contributed by atoms with van der Waals surface area (Å²) in [6, 6.07) is 97.5. The first-order valence-electron chi connectivity index (χ1n) is 34.0. The lowest BCUT2D eigenvalue weighted by Crippen LogP contribution is -2.74. The fourth-order valence-corrected chi connectivity index (χ4v) is 24.9. The second-order valence-electron chi connectivity index (χ2n) is 26.7. The van der Waals surface area contributed by atoms with Crippen molar-refractivity contribution < 1.29 is 31.8 Å². The van der Waals surface area contributed by atoms with Crippen LogP contribution < -0.4 is 50.7 Å². The molecule has 0 N–H and O–H groups in total. The number of hydrogen-bond donors (Lipinski definition) is 0. The maximum Gasteiger partial charge on any atom is 0.437 e. The van der Waals surface area contributed by atoms with Crippen LogP contribution in [0.2, 0.25) is 0 Å². The van der Waals surface area contributed by atoms with Crippen molar-refractivity contribution in [1.82, 2.24) is 0 Å². The second-order valence-corrected chi connectivity index (χ2v) is 34.9. The first kappa shape index (κ1) is 67.9. The van der Waals surface area contributed by atoms with Crippen molar-refractivity contribution in [2.45, 2.75) is 70.0 Å². The van der Waals surface area contributed by atoms with Crippen LogP contribution in [0.5, 0.6) is 11.5 Å². The van der Waals surface area contributed by atoms with Crippen LogP contribution in [0.15, 0.2) is 302 Å². The number of thiophene rings is 1. The molecule has 1 aromatic heterocycles. The number of ether oxygens (including phenoxy) is 3. The normalized spacial score (nSPS) is 17.2. The van der Waals surface area contributed by atoms with E-state index >= 15 is 13.2 Å². The highest BCUT2D eigenvalue weighted by Crippen LogP contribution is 2.57. The van der Waals surface area contributed by atoms with E-state index in [1.54, 1.807) is 12.1 Å². The number of anilines is 1. The van der Waals surface area contributed by atoms with E-state index in [1.165, 1.54) is 85.3 Å². The number of alkyl halides is 3. The molecule has 3 aliphatic rings. The third-order valence-electron chi connectivity index (χ3n) is 20.0. The van der Waals surface area contributed by atoms with Crippen LogP contribution in [0.3, 0.4) is 0 Å². The molecule has 0 aliphatic carbocycles. The van der Waals surface area contributed by atoms with Gasteiger partial charge in [-0.05, 0) is 133 Å². The summed E-state index contributed by atoms with van der Waals surface area (Å²) in [5, 5.41) is 39.9. The van der Waals surface area contributed by atoms with Gasteiger partial charge in [-0.2, -0.15) is 29.0 Å². The van der Waals surface area contributed by atoms with Gasteiger partial charge < -0.3 is 23.5 Å². The van der Waals surface area contributed by atoms with Gasteiger partial charge in [-0.15, -0.1) is 11.3 Å². The molecular formula is C88H71F3N4O4SSi2. The van der Waals surface area contributed by atoms with E-state index in [2.05, 4.69) is 202 Å². The smallest absolute Gasteiger partial charge is 0.437 e. The zero-order chi connectivity index (χ0) is 70.6. The number of fused-ring (bicyclic) bond motifs is 2. The summed E-state index contributed by atoms with van der Waals surface area (Å²) in [5.74, 6) is 0.460. The lowest BCUT2D eigenvalue weighted by atomic mass is 9.78. The van der Waals surface area contributed by atoms with Crippen molar-refractivity contribution in [3.05, 3.63) is 339 Å². The predicted octanol–water partition coefficient (Wildman–Crippen LogP) is 16.0. The average Bonchev–Trinajstić information content (AvgIpc) is 1.46. The molecule has 14 heteroatoms. The van der Waals surface area contributed by atoms with Crippen molar-refractivity contribution in [2.24, 2.45) is 0 Å². The van der Waals surface area contributed by atoms with Gasteiger partial charge in [-0.1, -0.05) is 274 Å². The molecule has 0 saturated heterocycles. The van der Waals surface area contributed by atoms with Gasteiger partial charge >= 0.3 is 6.18 Å². The Morgan fingerprint density at radius 3 is 1.56 bits per heavy atom. The molecule has 0 bridgehead atoms. The van der Waals surface area contributed by atoms with Crippen LogP contribution in [-0.2, 0) is 21.3 Å². The zero-order valence-electron chi connectivity index (χ0n) is 56.7. The minimum Gasteiger partial charge on any atom is -0.484 e. The molecule has 0 saturated carbocycles. The number of nitriles is 3. The summed E-state index contributed by atoms with van der Waals surface area (Å²) in [7, 11) is -5.97. The lowest BCUT2D eigenvalue weighted by Gasteiger charge is -2.48. The van der Waals surface area contributed by atoms with Crippen molar-refractivity contribution in [3.63, 3.8) is 0 Å². The summed E-state index contributed by atoms with van der Waals surface area (Å²) >= 11 is 1.29. The average molecular weight is 1390 g/mol. The van der Waals surface area contributed by atoms with Gasteiger partial charge in [0.05, 0.1) is 21.9 Å². The third-order valence-corrected chi connectivity index (χ3v) is 29.9. The Kier molecular flexibility index (Phi) is 18.9. The SMILES string of the molecule is Cc1cc2c(cc1/C=C/c1sc(/C=C/C3=C(C#N)C(=C(C#N)C#N)C(c4ccc(-c5ccccc5)cc4)(C(F)(F)F)O3)c3c1OC(CO[Si](c1ccccc1)(c1ccccc1)c1ccccc1)CO3)C(C)CC(C)(C)N2Cc1ccc([Si](c2ccccc2)(c2ccccc2)c2ccccc2)cc1. The number of aryl methyl sites for hydroxylation is 1. The Morgan fingerprint density at radius 1 is 0.588 bits per heavy atom. The molecule has 0 amide bonds. The van der Waals surface area contributed by atoms with E-state index in [4.69, 9.17) is 18.6 Å². The van der Waals surface area contributed by atoms with E-state index in [-0.39, 0.29) is 24.7 Å². The van der Waals surface area contributed by atoms with E-state index in [0.29, 0.717) is 33.4 Å². The van der Waals surface area contributed by atoms with E-state index in [1.807, 2.05) is 97.1 Å². The van der Waals surface area contributed by atoms with Crippen molar-refractivity contribution in [1.29, 1.82) is 15.8 Å². The predicted molar refractivity (Wildman–Crippen MR) is 408 cm³/mol. The third kappa shape index (κ3) is 12.4. The minimum atomic E-state index is -5.28. The van der Waals surface area contributed by atoms with Gasteiger partial charge in [0.1, 0.15) is 41.7 Å². The molecule has 8 nitrogen and oxygen atoms in total. The second kappa shape index (κ2) is 28.4. The summed E-state index contributed by atoms with van der Waals surface area (Å²) < 4.78 is 76.1. The van der Waals surface area contributed by atoms with Gasteiger partial charge in [-0.3, -0.25) is 0 Å². The van der Waals surface area contributed by atoms with Crippen molar-refractivity contribution in [3.8, 4) is 40.8 Å². The fraction of sp³-hybridized carbons (Fsp3) is 0.148. The number of hydrogen-bond acceptors (Lipinski definition) is 9. The van der Waals surface area contributed by atoms with Gasteiger partial charge in [0.25, 0.3) is 13.9 Å². The molecule has 14 rings (SSSR count). The standard InChI is InChI=1S/C88H71F3N4O4SSi2/c1-61-52-79-77(62(2)54-86(3,4)95(79)58-63-40-47-73(48-41-63)101(70-28-14-6-15-29-70,71-30-16-7-17-31-71)72-32-18-8-19-33-72)53-66(61)44-50-82-85-84(96-59-69(98-85)60-97-102(74-34-20-9-21-35-74,75-36-22-10-23-37-75)76-38-24-11-25-39-76)81(100-82)51-49-80-78(57-94)83(67(55-92)56-93)87(99-80,88(89,90)91)68-45-42-65(43-46-68)64-26-12-5-13-27-64/h5-53,62,69H,54,58-60H2,1-4H3/b50-44+,51-49+. The van der Waals surface area contributed by atoms with E-state index in [9.17, 15) is 15.8 Å². The van der Waals surface area contributed by atoms with Crippen molar-refractivity contribution >= 4 is 88.0 Å². The van der Waals surface area contributed by atoms with Crippen molar-refractivity contribution in [2.75, 3.05) is 18.1 Å². The quantitative estimate of drug-likeness (QED) is 0.0474. The molecule has 3 unspecified atom stereocenters. The largest absolute Gasteiger partial charge is 0.484 e. The zero-order valence-corrected chi connectivity index (χ0v) is 59.6. The Balaban J connectivity index is 0.828. The topological polar surface area (TPSA) is 112 Å². The van der Waals surface area contributed by atoms with E-state index < -0.39 is 62.3 Å². The monoisotopic (exact) mass is 1390 g/mol. The molecule has 10 aromatic carbocycles. The van der Waals surface area contributed by atoms with Gasteiger partial charge in [0, 0.05) is 23.3 Å². The Labute approximate surface area is 599 Å². The minimum absolute atomic E-state index is 0.0480. The summed E-state index contributed by atoms with van der Waals surface area (Å²) in [6.07, 6.45) is 1.89. The van der Waals surface area contributed by atoms with Gasteiger partial charge in [0.15, 0.2) is 25.7 Å². The highest BCUT2D eigenvalue weighted by molar-refractivity contribution is 7.20. The molecule has 0 spiro atoms. The molecule has 0 radical (unpaired) electrons.